The zero-order chi connectivity index (χ0) is 16.1. The van der Waals surface area contributed by atoms with E-state index in [1.165, 1.54) is 30.3 Å². The first-order valence-corrected chi connectivity index (χ1v) is 6.41. The molecule has 0 spiro atoms. The van der Waals surface area contributed by atoms with Gasteiger partial charge in [-0.3, -0.25) is 19.7 Å². The Hall–Kier alpha value is -3.06. The Balaban J connectivity index is 2.47. The molecular weight excluding hydrogens is 286 g/mol. The van der Waals surface area contributed by atoms with E-state index in [1.807, 2.05) is 0 Å². The van der Waals surface area contributed by atoms with Crippen molar-refractivity contribution in [1.82, 2.24) is 0 Å². The lowest BCUT2D eigenvalue weighted by Gasteiger charge is -2.09. The molecule has 112 valence electrons. The Morgan fingerprint density at radius 2 is 1.64 bits per heavy atom. The number of anilines is 1. The van der Waals surface area contributed by atoms with Gasteiger partial charge in [0.15, 0.2) is 0 Å². The largest absolute Gasteiger partial charge is 0.324 e. The van der Waals surface area contributed by atoms with Gasteiger partial charge in [-0.15, -0.1) is 0 Å². The van der Waals surface area contributed by atoms with E-state index in [-0.39, 0.29) is 29.0 Å². The Morgan fingerprint density at radius 3 is 2.27 bits per heavy atom. The van der Waals surface area contributed by atoms with E-state index < -0.39 is 16.6 Å². The molecule has 2 aromatic rings. The molecule has 0 bridgehead atoms. The molecular formula is C15H13N3O4. The standard InChI is InChI=1S/C15H13N3O4/c16-9-14(19)17-12-7-3-1-5-10(12)15(20)11-6-2-4-8-13(11)18(21)22/h1-8H,9,16H2,(H,17,19). The molecule has 0 atom stereocenters. The number of hydrogen-bond acceptors (Lipinski definition) is 5. The highest BCUT2D eigenvalue weighted by Gasteiger charge is 2.22. The fraction of sp³-hybridized carbons (Fsp3) is 0.0667. The molecule has 22 heavy (non-hydrogen) atoms. The van der Waals surface area contributed by atoms with Crippen molar-refractivity contribution in [1.29, 1.82) is 0 Å². The van der Waals surface area contributed by atoms with Gasteiger partial charge in [0.05, 0.1) is 17.2 Å². The monoisotopic (exact) mass is 299 g/mol. The van der Waals surface area contributed by atoms with Crippen LogP contribution < -0.4 is 11.1 Å². The number of nitro benzene ring substituents is 1. The first-order chi connectivity index (χ1) is 10.5. The Kier molecular flexibility index (Phi) is 4.60. The van der Waals surface area contributed by atoms with Crippen molar-refractivity contribution in [3.05, 3.63) is 69.8 Å². The number of nitrogens with one attached hydrogen (secondary N) is 1. The Morgan fingerprint density at radius 1 is 1.05 bits per heavy atom. The van der Waals surface area contributed by atoms with Gasteiger partial charge in [-0.1, -0.05) is 24.3 Å². The molecule has 7 heteroatoms. The van der Waals surface area contributed by atoms with Gasteiger partial charge in [0.1, 0.15) is 5.56 Å². The van der Waals surface area contributed by atoms with Gasteiger partial charge in [-0.25, -0.2) is 0 Å². The van der Waals surface area contributed by atoms with Gasteiger partial charge in [0, 0.05) is 11.6 Å². The van der Waals surface area contributed by atoms with E-state index in [0.717, 1.165) is 0 Å². The highest BCUT2D eigenvalue weighted by molar-refractivity contribution is 6.15. The van der Waals surface area contributed by atoms with Gasteiger partial charge in [0.25, 0.3) is 5.69 Å². The molecule has 0 fully saturated rings. The second-order valence-electron chi connectivity index (χ2n) is 4.40. The Bertz CT molecular complexity index is 743. The zero-order valence-electron chi connectivity index (χ0n) is 11.5. The van der Waals surface area contributed by atoms with Crippen molar-refractivity contribution in [2.24, 2.45) is 5.73 Å². The van der Waals surface area contributed by atoms with Crippen molar-refractivity contribution >= 4 is 23.1 Å². The summed E-state index contributed by atoms with van der Waals surface area (Å²) in [4.78, 5) is 34.4. The number of nitro groups is 1. The molecule has 7 nitrogen and oxygen atoms in total. The minimum Gasteiger partial charge on any atom is -0.324 e. The van der Waals surface area contributed by atoms with Crippen LogP contribution in [0.3, 0.4) is 0 Å². The molecule has 0 radical (unpaired) electrons. The molecule has 0 heterocycles. The average molecular weight is 299 g/mol. The van der Waals surface area contributed by atoms with Crippen LogP contribution in [0.1, 0.15) is 15.9 Å². The third kappa shape index (κ3) is 3.15. The maximum Gasteiger partial charge on any atom is 0.280 e. The second kappa shape index (κ2) is 6.59. The van der Waals surface area contributed by atoms with Crippen LogP contribution in [0.15, 0.2) is 48.5 Å². The fourth-order valence-corrected chi connectivity index (χ4v) is 1.96. The van der Waals surface area contributed by atoms with Crippen LogP contribution in [0.25, 0.3) is 0 Å². The predicted octanol–water partition coefficient (Wildman–Crippen LogP) is 1.72. The quantitative estimate of drug-likeness (QED) is 0.495. The SMILES string of the molecule is NCC(=O)Nc1ccccc1C(=O)c1ccccc1[N+](=O)[O-]. The van der Waals surface area contributed by atoms with E-state index in [4.69, 9.17) is 5.73 Å². The van der Waals surface area contributed by atoms with Crippen molar-refractivity contribution in [3.63, 3.8) is 0 Å². The molecule has 0 unspecified atom stereocenters. The topological polar surface area (TPSA) is 115 Å². The zero-order valence-corrected chi connectivity index (χ0v) is 11.5. The third-order valence-corrected chi connectivity index (χ3v) is 2.98. The third-order valence-electron chi connectivity index (χ3n) is 2.98. The number of ketones is 1. The molecule has 0 aliphatic carbocycles. The van der Waals surface area contributed by atoms with Crippen molar-refractivity contribution in [2.75, 3.05) is 11.9 Å². The molecule has 0 saturated heterocycles. The molecule has 2 aromatic carbocycles. The highest BCUT2D eigenvalue weighted by atomic mass is 16.6. The van der Waals surface area contributed by atoms with Gasteiger partial charge in [-0.2, -0.15) is 0 Å². The van der Waals surface area contributed by atoms with Crippen LogP contribution in [-0.4, -0.2) is 23.2 Å². The summed E-state index contributed by atoms with van der Waals surface area (Å²) in [7, 11) is 0. The van der Waals surface area contributed by atoms with Crippen molar-refractivity contribution in [3.8, 4) is 0 Å². The predicted molar refractivity (Wildman–Crippen MR) is 80.7 cm³/mol. The summed E-state index contributed by atoms with van der Waals surface area (Å²) in [5.74, 6) is -0.997. The number of nitrogens with zero attached hydrogens (tertiary/aromatic N) is 1. The molecule has 0 aromatic heterocycles. The van der Waals surface area contributed by atoms with Gasteiger partial charge in [-0.05, 0) is 18.2 Å². The lowest BCUT2D eigenvalue weighted by Crippen LogP contribution is -2.23. The highest BCUT2D eigenvalue weighted by Crippen LogP contribution is 2.25. The average Bonchev–Trinajstić information content (AvgIpc) is 2.54. The number of hydrogen-bond donors (Lipinski definition) is 2. The maximum atomic E-state index is 12.6. The molecule has 3 N–H and O–H groups in total. The van der Waals surface area contributed by atoms with E-state index in [9.17, 15) is 19.7 Å². The van der Waals surface area contributed by atoms with Gasteiger partial charge in [0.2, 0.25) is 11.7 Å². The second-order valence-corrected chi connectivity index (χ2v) is 4.40. The van der Waals surface area contributed by atoms with Crippen LogP contribution in [-0.2, 0) is 4.79 Å². The number of nitrogens with two attached hydrogens (primary N) is 1. The number of para-hydroxylation sites is 2. The number of benzene rings is 2. The van der Waals surface area contributed by atoms with Crippen LogP contribution in [0.4, 0.5) is 11.4 Å². The van der Waals surface area contributed by atoms with Gasteiger partial charge >= 0.3 is 0 Å². The summed E-state index contributed by atoms with van der Waals surface area (Å²) in [6.45, 7) is -0.228. The smallest absolute Gasteiger partial charge is 0.280 e. The summed E-state index contributed by atoms with van der Waals surface area (Å²) in [5, 5.41) is 13.5. The lowest BCUT2D eigenvalue weighted by atomic mass is 10.00. The molecule has 2 rings (SSSR count). The van der Waals surface area contributed by atoms with Crippen LogP contribution in [0.5, 0.6) is 0 Å². The minimum atomic E-state index is -0.617. The van der Waals surface area contributed by atoms with Crippen molar-refractivity contribution < 1.29 is 14.5 Å². The number of carbonyl (C=O) groups excluding carboxylic acids is 2. The fourth-order valence-electron chi connectivity index (χ4n) is 1.96. The molecule has 0 saturated carbocycles. The van der Waals surface area contributed by atoms with Crippen molar-refractivity contribution in [2.45, 2.75) is 0 Å². The van der Waals surface area contributed by atoms with E-state index in [1.54, 1.807) is 18.2 Å². The number of amides is 1. The summed E-state index contributed by atoms with van der Waals surface area (Å²) < 4.78 is 0. The van der Waals surface area contributed by atoms with E-state index >= 15 is 0 Å². The minimum absolute atomic E-state index is 0.0399. The Labute approximate surface area is 125 Å². The summed E-state index contributed by atoms with van der Waals surface area (Å²) in [5.41, 5.74) is 5.34. The van der Waals surface area contributed by atoms with Crippen LogP contribution in [0.2, 0.25) is 0 Å². The van der Waals surface area contributed by atoms with E-state index in [0.29, 0.717) is 0 Å². The molecule has 1 amide bonds. The summed E-state index contributed by atoms with van der Waals surface area (Å²) in [6, 6.07) is 11.9. The first kappa shape index (κ1) is 15.3. The van der Waals surface area contributed by atoms with Crippen LogP contribution >= 0.6 is 0 Å². The lowest BCUT2D eigenvalue weighted by molar-refractivity contribution is -0.385. The summed E-state index contributed by atoms with van der Waals surface area (Å²) >= 11 is 0. The molecule has 0 aliphatic rings. The van der Waals surface area contributed by atoms with Crippen LogP contribution in [0, 0.1) is 10.1 Å². The molecule has 0 aliphatic heterocycles. The van der Waals surface area contributed by atoms with Gasteiger partial charge < -0.3 is 11.1 Å². The summed E-state index contributed by atoms with van der Waals surface area (Å²) in [6.07, 6.45) is 0. The number of carbonyl (C=O) groups is 2. The first-order valence-electron chi connectivity index (χ1n) is 6.41. The number of rotatable bonds is 5. The maximum absolute atomic E-state index is 12.6. The van der Waals surface area contributed by atoms with E-state index in [2.05, 4.69) is 5.32 Å². The normalized spacial score (nSPS) is 10.0.